The van der Waals surface area contributed by atoms with Gasteiger partial charge >= 0.3 is 0 Å². The molecule has 1 fully saturated rings. The smallest absolute Gasteiger partial charge is 0.0386 e. The minimum Gasteiger partial charge on any atom is -0.0651 e. The highest BCUT2D eigenvalue weighted by Gasteiger charge is 2.30. The molecule has 1 saturated carbocycles. The zero-order valence-corrected chi connectivity index (χ0v) is 6.85. The fourth-order valence-electron chi connectivity index (χ4n) is 1.46. The molecule has 0 heterocycles. The van der Waals surface area contributed by atoms with Gasteiger partial charge in [0.2, 0.25) is 0 Å². The first-order chi connectivity index (χ1) is 4.25. The third-order valence-electron chi connectivity index (χ3n) is 2.91. The van der Waals surface area contributed by atoms with E-state index in [1.807, 2.05) is 0 Å². The van der Waals surface area contributed by atoms with E-state index in [4.69, 9.17) is 0 Å². The maximum absolute atomic E-state index is 2.41. The van der Waals surface area contributed by atoms with Gasteiger partial charge < -0.3 is 0 Å². The average molecular weight is 126 g/mol. The number of hydrogen-bond donors (Lipinski definition) is 0. The molecule has 0 bridgehead atoms. The van der Waals surface area contributed by atoms with Gasteiger partial charge in [-0.25, -0.2) is 0 Å². The van der Waals surface area contributed by atoms with E-state index in [1.54, 1.807) is 0 Å². The standard InChI is InChI=1S/C9H18/c1-4-7(2)8(3)9-5-6-9/h7-9H,4-6H2,1-3H3/t7-,8+/m1/s1. The van der Waals surface area contributed by atoms with Gasteiger partial charge in [0.25, 0.3) is 0 Å². The quantitative estimate of drug-likeness (QED) is 0.545. The third-order valence-corrected chi connectivity index (χ3v) is 2.91. The molecule has 9 heavy (non-hydrogen) atoms. The monoisotopic (exact) mass is 126 g/mol. The van der Waals surface area contributed by atoms with E-state index in [0.717, 1.165) is 17.8 Å². The minimum absolute atomic E-state index is 0.956. The zero-order valence-electron chi connectivity index (χ0n) is 6.85. The van der Waals surface area contributed by atoms with Crippen LogP contribution in [0.5, 0.6) is 0 Å². The normalized spacial score (nSPS) is 25.7. The topological polar surface area (TPSA) is 0 Å². The molecule has 0 aromatic carbocycles. The summed E-state index contributed by atoms with van der Waals surface area (Å²) in [5.41, 5.74) is 0. The summed E-state index contributed by atoms with van der Waals surface area (Å²) in [4.78, 5) is 0. The Morgan fingerprint density at radius 2 is 1.89 bits per heavy atom. The molecule has 0 unspecified atom stereocenters. The maximum Gasteiger partial charge on any atom is -0.0386 e. The van der Waals surface area contributed by atoms with E-state index in [-0.39, 0.29) is 0 Å². The van der Waals surface area contributed by atoms with Crippen LogP contribution < -0.4 is 0 Å². The van der Waals surface area contributed by atoms with E-state index in [1.165, 1.54) is 19.3 Å². The molecule has 0 aromatic rings. The SMILES string of the molecule is CC[C@@H](C)[C@H](C)C1CC1. The molecule has 1 aliphatic carbocycles. The Labute approximate surface area is 58.7 Å². The molecule has 0 nitrogen and oxygen atoms in total. The van der Waals surface area contributed by atoms with Crippen molar-refractivity contribution in [1.82, 2.24) is 0 Å². The summed E-state index contributed by atoms with van der Waals surface area (Å²) in [6.45, 7) is 7.08. The van der Waals surface area contributed by atoms with Gasteiger partial charge in [0.1, 0.15) is 0 Å². The molecule has 2 atom stereocenters. The number of rotatable bonds is 3. The molecule has 0 spiro atoms. The lowest BCUT2D eigenvalue weighted by Crippen LogP contribution is -2.08. The number of hydrogen-bond acceptors (Lipinski definition) is 0. The second-order valence-electron chi connectivity index (χ2n) is 3.58. The van der Waals surface area contributed by atoms with Crippen LogP contribution in [0.25, 0.3) is 0 Å². The van der Waals surface area contributed by atoms with Gasteiger partial charge in [-0.1, -0.05) is 27.2 Å². The van der Waals surface area contributed by atoms with Crippen molar-refractivity contribution in [2.75, 3.05) is 0 Å². The van der Waals surface area contributed by atoms with Crippen LogP contribution in [0.4, 0.5) is 0 Å². The Bertz CT molecular complexity index is 82.0. The molecule has 0 heteroatoms. The highest BCUT2D eigenvalue weighted by Crippen LogP contribution is 2.40. The molecular weight excluding hydrogens is 108 g/mol. The van der Waals surface area contributed by atoms with Crippen LogP contribution in [0.2, 0.25) is 0 Å². The van der Waals surface area contributed by atoms with Gasteiger partial charge in [-0.05, 0) is 30.6 Å². The van der Waals surface area contributed by atoms with Crippen molar-refractivity contribution in [3.8, 4) is 0 Å². The summed E-state index contributed by atoms with van der Waals surface area (Å²) in [6, 6.07) is 0. The van der Waals surface area contributed by atoms with Crippen LogP contribution in [-0.2, 0) is 0 Å². The van der Waals surface area contributed by atoms with E-state index >= 15 is 0 Å². The second-order valence-corrected chi connectivity index (χ2v) is 3.58. The maximum atomic E-state index is 2.41. The van der Waals surface area contributed by atoms with Crippen molar-refractivity contribution in [3.63, 3.8) is 0 Å². The van der Waals surface area contributed by atoms with Crippen LogP contribution in [0.15, 0.2) is 0 Å². The van der Waals surface area contributed by atoms with Gasteiger partial charge in [0.05, 0.1) is 0 Å². The highest BCUT2D eigenvalue weighted by molar-refractivity contribution is 4.80. The summed E-state index contributed by atoms with van der Waals surface area (Å²) in [5, 5.41) is 0. The van der Waals surface area contributed by atoms with Gasteiger partial charge in [-0.3, -0.25) is 0 Å². The molecule has 1 rings (SSSR count). The van der Waals surface area contributed by atoms with Gasteiger partial charge in [0.15, 0.2) is 0 Å². The molecular formula is C9H18. The van der Waals surface area contributed by atoms with Gasteiger partial charge in [-0.15, -0.1) is 0 Å². The summed E-state index contributed by atoms with van der Waals surface area (Å²) >= 11 is 0. The van der Waals surface area contributed by atoms with Gasteiger partial charge in [-0.2, -0.15) is 0 Å². The van der Waals surface area contributed by atoms with Crippen molar-refractivity contribution in [2.24, 2.45) is 17.8 Å². The molecule has 0 radical (unpaired) electrons. The Kier molecular flexibility index (Phi) is 2.15. The van der Waals surface area contributed by atoms with Crippen molar-refractivity contribution >= 4 is 0 Å². The fraction of sp³-hybridized carbons (Fsp3) is 1.00. The van der Waals surface area contributed by atoms with Crippen LogP contribution in [0.3, 0.4) is 0 Å². The Hall–Kier alpha value is 0. The lowest BCUT2D eigenvalue weighted by Gasteiger charge is -2.16. The Balaban J connectivity index is 2.22. The lowest BCUT2D eigenvalue weighted by atomic mass is 9.90. The van der Waals surface area contributed by atoms with E-state index in [0.29, 0.717) is 0 Å². The highest BCUT2D eigenvalue weighted by atomic mass is 14.4. The molecule has 0 saturated heterocycles. The molecule has 54 valence electrons. The summed E-state index contributed by atoms with van der Waals surface area (Å²) in [6.07, 6.45) is 4.37. The first-order valence-electron chi connectivity index (χ1n) is 4.25. The fourth-order valence-corrected chi connectivity index (χ4v) is 1.46. The average Bonchev–Trinajstić information content (AvgIpc) is 2.66. The van der Waals surface area contributed by atoms with Crippen molar-refractivity contribution in [2.45, 2.75) is 40.0 Å². The second kappa shape index (κ2) is 2.72. The minimum atomic E-state index is 0.956. The third kappa shape index (κ3) is 1.70. The summed E-state index contributed by atoms with van der Waals surface area (Å²) < 4.78 is 0. The molecule has 0 aromatic heterocycles. The predicted octanol–water partition coefficient (Wildman–Crippen LogP) is 3.08. The summed E-state index contributed by atoms with van der Waals surface area (Å²) in [5.74, 6) is 3.05. The largest absolute Gasteiger partial charge is 0.0651 e. The van der Waals surface area contributed by atoms with Crippen molar-refractivity contribution in [1.29, 1.82) is 0 Å². The summed E-state index contributed by atoms with van der Waals surface area (Å²) in [7, 11) is 0. The Morgan fingerprint density at radius 3 is 2.22 bits per heavy atom. The predicted molar refractivity (Wildman–Crippen MR) is 41.3 cm³/mol. The van der Waals surface area contributed by atoms with E-state index in [2.05, 4.69) is 20.8 Å². The van der Waals surface area contributed by atoms with Crippen molar-refractivity contribution < 1.29 is 0 Å². The molecule has 0 aliphatic heterocycles. The van der Waals surface area contributed by atoms with Crippen LogP contribution in [0.1, 0.15) is 40.0 Å². The molecule has 1 aliphatic rings. The van der Waals surface area contributed by atoms with E-state index in [9.17, 15) is 0 Å². The lowest BCUT2D eigenvalue weighted by molar-refractivity contribution is 0.337. The van der Waals surface area contributed by atoms with Crippen molar-refractivity contribution in [3.05, 3.63) is 0 Å². The van der Waals surface area contributed by atoms with Crippen LogP contribution in [0, 0.1) is 17.8 Å². The molecule has 0 amide bonds. The first-order valence-corrected chi connectivity index (χ1v) is 4.25. The first kappa shape index (κ1) is 7.11. The van der Waals surface area contributed by atoms with Gasteiger partial charge in [0, 0.05) is 0 Å². The van der Waals surface area contributed by atoms with E-state index < -0.39 is 0 Å². The van der Waals surface area contributed by atoms with Crippen LogP contribution in [-0.4, -0.2) is 0 Å². The molecule has 0 N–H and O–H groups in total. The zero-order chi connectivity index (χ0) is 6.85. The Morgan fingerprint density at radius 1 is 1.33 bits per heavy atom. The van der Waals surface area contributed by atoms with Crippen LogP contribution >= 0.6 is 0 Å².